The minimum atomic E-state index is -1.24. The molecule has 9 nitrogen and oxygen atoms in total. The van der Waals surface area contributed by atoms with E-state index in [1.165, 1.54) is 0 Å². The molecule has 2 heterocycles. The maximum Gasteiger partial charge on any atom is 0.331 e. The molecule has 0 amide bonds. The summed E-state index contributed by atoms with van der Waals surface area (Å²) in [4.78, 5) is 24.7. The number of carbonyl (C=O) groups excluding carboxylic acids is 2. The Bertz CT molecular complexity index is 1000. The van der Waals surface area contributed by atoms with Crippen LogP contribution in [-0.4, -0.2) is 81.2 Å². The first-order chi connectivity index (χ1) is 18.0. The van der Waals surface area contributed by atoms with Crippen molar-refractivity contribution in [1.29, 1.82) is 0 Å². The van der Waals surface area contributed by atoms with Gasteiger partial charge in [-0.15, -0.1) is 0 Å². The van der Waals surface area contributed by atoms with E-state index in [0.717, 1.165) is 31.1 Å². The van der Waals surface area contributed by atoms with Gasteiger partial charge >= 0.3 is 5.97 Å². The fraction of sp³-hybridized carbons (Fsp3) is 0.862. The number of rotatable bonds is 4. The van der Waals surface area contributed by atoms with Crippen molar-refractivity contribution in [3.8, 4) is 0 Å². The van der Waals surface area contributed by atoms with Crippen LogP contribution < -0.4 is 0 Å². The standard InChI is InChI=1S/C29H42O9/c1-16-25(33)22(31)12-24(37-16)38-18-3-8-27(15-30)20-4-7-26(2)19(17-11-23(32)36-14-17)6-10-29(26,35)21(20)5-9-28(27,34)13-18/h11,15-16,18-22,24-25,31,33-35H,3-10,12-14H2,1-2H3/t16-,18+,19-,20-,21+,22+,24+,25+,26+,27-,28-,29-/m0/s1. The average molecular weight is 535 g/mol. The van der Waals surface area contributed by atoms with Crippen molar-refractivity contribution in [1.82, 2.24) is 0 Å². The van der Waals surface area contributed by atoms with Crippen molar-refractivity contribution < 1.29 is 44.2 Å². The van der Waals surface area contributed by atoms with E-state index in [-0.39, 0.29) is 36.2 Å². The maximum absolute atomic E-state index is 12.9. The second kappa shape index (κ2) is 9.08. The maximum atomic E-state index is 12.9. The molecule has 6 aliphatic rings. The molecule has 4 aliphatic carbocycles. The Labute approximate surface area is 223 Å². The first-order valence-electron chi connectivity index (χ1n) is 14.4. The molecule has 0 aromatic heterocycles. The van der Waals surface area contributed by atoms with E-state index >= 15 is 0 Å². The quantitative estimate of drug-likeness (QED) is 0.241. The van der Waals surface area contributed by atoms with E-state index in [4.69, 9.17) is 14.2 Å². The molecule has 2 aliphatic heterocycles. The van der Waals surface area contributed by atoms with Crippen LogP contribution in [0.3, 0.4) is 0 Å². The summed E-state index contributed by atoms with van der Waals surface area (Å²) >= 11 is 0. The van der Waals surface area contributed by atoms with Gasteiger partial charge in [0, 0.05) is 24.3 Å². The van der Waals surface area contributed by atoms with Crippen molar-refractivity contribution in [2.75, 3.05) is 6.61 Å². The summed E-state index contributed by atoms with van der Waals surface area (Å²) in [5.74, 6) is -0.473. The Hall–Kier alpha value is -1.36. The van der Waals surface area contributed by atoms with Gasteiger partial charge in [-0.2, -0.15) is 0 Å². The highest BCUT2D eigenvalue weighted by atomic mass is 16.7. The lowest BCUT2D eigenvalue weighted by atomic mass is 9.41. The topological polar surface area (TPSA) is 143 Å². The fourth-order valence-electron chi connectivity index (χ4n) is 9.76. The predicted molar refractivity (Wildman–Crippen MR) is 133 cm³/mol. The van der Waals surface area contributed by atoms with Crippen molar-refractivity contribution in [2.45, 2.75) is 120 Å². The molecule has 0 unspecified atom stereocenters. The molecular weight excluding hydrogens is 492 g/mol. The number of hydrogen-bond donors (Lipinski definition) is 4. The molecule has 1 saturated heterocycles. The van der Waals surface area contributed by atoms with Gasteiger partial charge in [0.2, 0.25) is 0 Å². The number of fused-ring (bicyclic) bond motifs is 5. The molecule has 0 aromatic rings. The molecule has 4 N–H and O–H groups in total. The lowest BCUT2D eigenvalue weighted by Crippen LogP contribution is -2.69. The molecule has 0 radical (unpaired) electrons. The summed E-state index contributed by atoms with van der Waals surface area (Å²) in [5.41, 5.74) is -2.60. The van der Waals surface area contributed by atoms with Crippen LogP contribution in [0.2, 0.25) is 0 Å². The van der Waals surface area contributed by atoms with E-state index in [1.54, 1.807) is 13.0 Å². The predicted octanol–water partition coefficient (Wildman–Crippen LogP) is 1.78. The minimum Gasteiger partial charge on any atom is -0.458 e. The molecule has 0 bridgehead atoms. The van der Waals surface area contributed by atoms with E-state index in [0.29, 0.717) is 45.1 Å². The normalized spacial score (nSPS) is 54.4. The molecule has 6 rings (SSSR count). The van der Waals surface area contributed by atoms with Gasteiger partial charge in [-0.25, -0.2) is 4.79 Å². The second-order valence-corrected chi connectivity index (χ2v) is 13.3. The zero-order valence-corrected chi connectivity index (χ0v) is 22.4. The van der Waals surface area contributed by atoms with Crippen LogP contribution in [-0.2, 0) is 23.8 Å². The van der Waals surface area contributed by atoms with E-state index in [2.05, 4.69) is 6.92 Å². The number of esters is 1. The minimum absolute atomic E-state index is 0.0729. The first-order valence-corrected chi connectivity index (χ1v) is 14.4. The van der Waals surface area contributed by atoms with Gasteiger partial charge < -0.3 is 39.4 Å². The summed E-state index contributed by atoms with van der Waals surface area (Å²) in [7, 11) is 0. The zero-order valence-electron chi connectivity index (χ0n) is 22.4. The van der Waals surface area contributed by atoms with Crippen LogP contribution in [0.1, 0.15) is 78.1 Å². The molecule has 0 spiro atoms. The molecule has 12 atom stereocenters. The average Bonchev–Trinajstić information content (AvgIpc) is 3.41. The lowest BCUT2D eigenvalue weighted by Gasteiger charge is -2.65. The summed E-state index contributed by atoms with van der Waals surface area (Å²) in [6, 6.07) is 0. The van der Waals surface area contributed by atoms with Gasteiger partial charge in [-0.3, -0.25) is 0 Å². The van der Waals surface area contributed by atoms with Gasteiger partial charge in [0.25, 0.3) is 0 Å². The van der Waals surface area contributed by atoms with E-state index < -0.39 is 46.6 Å². The highest BCUT2D eigenvalue weighted by molar-refractivity contribution is 5.85. The Balaban J connectivity index is 1.22. The van der Waals surface area contributed by atoms with Crippen LogP contribution in [0, 0.1) is 28.6 Å². The molecule has 5 fully saturated rings. The molecular formula is C29H42O9. The summed E-state index contributed by atoms with van der Waals surface area (Å²) in [6.45, 7) is 4.13. The number of cyclic esters (lactones) is 1. The monoisotopic (exact) mass is 534 g/mol. The molecule has 212 valence electrons. The van der Waals surface area contributed by atoms with Gasteiger partial charge in [0.05, 0.1) is 34.9 Å². The van der Waals surface area contributed by atoms with Crippen LogP contribution in [0.15, 0.2) is 11.6 Å². The fourth-order valence-corrected chi connectivity index (χ4v) is 9.76. The van der Waals surface area contributed by atoms with Crippen molar-refractivity contribution in [3.05, 3.63) is 11.6 Å². The van der Waals surface area contributed by atoms with Crippen molar-refractivity contribution >= 4 is 12.3 Å². The zero-order chi connectivity index (χ0) is 27.1. The number of aldehydes is 1. The van der Waals surface area contributed by atoms with E-state index in [9.17, 15) is 30.0 Å². The molecule has 0 aromatic carbocycles. The van der Waals surface area contributed by atoms with Crippen LogP contribution in [0.5, 0.6) is 0 Å². The lowest BCUT2D eigenvalue weighted by molar-refractivity contribution is -0.286. The van der Waals surface area contributed by atoms with Crippen molar-refractivity contribution in [2.24, 2.45) is 28.6 Å². The van der Waals surface area contributed by atoms with Crippen LogP contribution >= 0.6 is 0 Å². The Morgan fingerprint density at radius 2 is 1.82 bits per heavy atom. The number of aliphatic hydroxyl groups excluding tert-OH is 2. The Morgan fingerprint density at radius 3 is 2.50 bits per heavy atom. The van der Waals surface area contributed by atoms with Crippen LogP contribution in [0.25, 0.3) is 0 Å². The van der Waals surface area contributed by atoms with Gasteiger partial charge in [0.1, 0.15) is 19.0 Å². The number of hydrogen-bond acceptors (Lipinski definition) is 9. The number of carbonyl (C=O) groups is 2. The largest absolute Gasteiger partial charge is 0.458 e. The van der Waals surface area contributed by atoms with Gasteiger partial charge in [0.15, 0.2) is 6.29 Å². The third-order valence-electron chi connectivity index (χ3n) is 11.9. The smallest absolute Gasteiger partial charge is 0.331 e. The third-order valence-corrected chi connectivity index (χ3v) is 11.9. The summed E-state index contributed by atoms with van der Waals surface area (Å²) < 4.78 is 17.1. The van der Waals surface area contributed by atoms with Crippen molar-refractivity contribution in [3.63, 3.8) is 0 Å². The first kappa shape index (κ1) is 26.8. The van der Waals surface area contributed by atoms with Gasteiger partial charge in [-0.05, 0) is 81.6 Å². The van der Waals surface area contributed by atoms with E-state index in [1.807, 2.05) is 0 Å². The van der Waals surface area contributed by atoms with Crippen LogP contribution in [0.4, 0.5) is 0 Å². The molecule has 38 heavy (non-hydrogen) atoms. The summed E-state index contributed by atoms with van der Waals surface area (Å²) in [6.07, 6.45) is 4.50. The molecule has 4 saturated carbocycles. The number of ether oxygens (including phenoxy) is 3. The molecule has 9 heteroatoms. The van der Waals surface area contributed by atoms with Gasteiger partial charge in [-0.1, -0.05) is 6.92 Å². The second-order valence-electron chi connectivity index (χ2n) is 13.3. The Kier molecular flexibility index (Phi) is 6.41. The number of aliphatic hydroxyl groups is 4. The Morgan fingerprint density at radius 1 is 1.05 bits per heavy atom. The third kappa shape index (κ3) is 3.65. The highest BCUT2D eigenvalue weighted by Crippen LogP contribution is 2.70. The SMILES string of the molecule is C[C@@H]1O[C@H](O[C@@H]2CC[C@]3(C=O)[C@H]4CC[C@]5(C)[C@H](C6=CC(=O)OC6)CC[C@]5(O)[C@@H]4CC[C@]3(O)C2)C[C@@H](O)[C@@H]1O. The summed E-state index contributed by atoms with van der Waals surface area (Å²) in [5, 5.41) is 44.6. The highest BCUT2D eigenvalue weighted by Gasteiger charge is 2.71.